The van der Waals surface area contributed by atoms with Crippen molar-refractivity contribution in [1.29, 1.82) is 0 Å². The molecule has 7 nitrogen and oxygen atoms in total. The maximum atomic E-state index is 6.33. The van der Waals surface area contributed by atoms with Crippen LogP contribution in [0, 0.1) is 0 Å². The number of rotatable bonds is 7. The highest BCUT2D eigenvalue weighted by atomic mass is 32.2. The molecule has 3 aromatic heterocycles. The number of nitrogen functional groups attached to an aromatic ring is 1. The summed E-state index contributed by atoms with van der Waals surface area (Å²) in [4.78, 5) is 17.0. The van der Waals surface area contributed by atoms with E-state index in [-0.39, 0.29) is 0 Å². The fourth-order valence-electron chi connectivity index (χ4n) is 6.04. The summed E-state index contributed by atoms with van der Waals surface area (Å²) < 4.78 is 4.61. The number of pyridine rings is 2. The molecule has 2 atom stereocenters. The summed E-state index contributed by atoms with van der Waals surface area (Å²) in [6.07, 6.45) is 4.24. The Morgan fingerprint density at radius 3 is 2.48 bits per heavy atom. The van der Waals surface area contributed by atoms with Crippen molar-refractivity contribution in [2.45, 2.75) is 31.5 Å². The van der Waals surface area contributed by atoms with E-state index in [1.807, 2.05) is 47.9 Å². The van der Waals surface area contributed by atoms with Crippen LogP contribution in [0.3, 0.4) is 0 Å². The third kappa shape index (κ3) is 4.58. The van der Waals surface area contributed by atoms with Gasteiger partial charge in [-0.05, 0) is 60.2 Å². The summed E-state index contributed by atoms with van der Waals surface area (Å²) in [6, 6.07) is 28.1. The average Bonchev–Trinajstić information content (AvgIpc) is 3.38. The number of piperidine rings is 2. The minimum atomic E-state index is 0.447. The maximum Gasteiger partial charge on any atom is 0.165 e. The van der Waals surface area contributed by atoms with Crippen molar-refractivity contribution in [3.05, 3.63) is 103 Å². The monoisotopic (exact) mass is 545 g/mol. The molecule has 40 heavy (non-hydrogen) atoms. The lowest BCUT2D eigenvalue weighted by molar-refractivity contribution is 0.0235. The molecule has 8 rings (SSSR count). The lowest BCUT2D eigenvalue weighted by Crippen LogP contribution is -2.59. The minimum Gasteiger partial charge on any atom is -0.383 e. The highest BCUT2D eigenvalue weighted by Gasteiger charge is 2.38. The molecular weight excluding hydrogens is 514 g/mol. The van der Waals surface area contributed by atoms with E-state index in [4.69, 9.17) is 15.7 Å². The molecule has 2 unspecified atom stereocenters. The Kier molecular flexibility index (Phi) is 6.59. The molecule has 8 heteroatoms. The van der Waals surface area contributed by atoms with Crippen molar-refractivity contribution in [3.8, 4) is 28.3 Å². The van der Waals surface area contributed by atoms with Crippen molar-refractivity contribution >= 4 is 28.9 Å². The van der Waals surface area contributed by atoms with E-state index in [1.54, 1.807) is 18.1 Å². The molecule has 5 aromatic rings. The molecule has 0 radical (unpaired) electrons. The van der Waals surface area contributed by atoms with Crippen molar-refractivity contribution < 1.29 is 0 Å². The van der Waals surface area contributed by atoms with Crippen molar-refractivity contribution in [2.24, 2.45) is 0 Å². The van der Waals surface area contributed by atoms with Gasteiger partial charge in [0.1, 0.15) is 11.3 Å². The van der Waals surface area contributed by atoms with Crippen molar-refractivity contribution in [3.63, 3.8) is 0 Å². The number of fused-ring (bicyclic) bond motifs is 4. The second kappa shape index (κ2) is 10.5. The summed E-state index contributed by atoms with van der Waals surface area (Å²) in [5.74, 6) is 1.18. The number of anilines is 1. The fourth-order valence-corrected chi connectivity index (χ4v) is 6.83. The molecule has 0 aliphatic carbocycles. The number of aromatic nitrogens is 4. The molecule has 2 aromatic carbocycles. The van der Waals surface area contributed by atoms with E-state index < -0.39 is 0 Å². The molecular formula is C32H31N7S. The number of nitrogens with two attached hydrogens (primary N) is 1. The molecule has 0 saturated carbocycles. The van der Waals surface area contributed by atoms with Crippen molar-refractivity contribution in [1.82, 2.24) is 28.7 Å². The Balaban J connectivity index is 1.25. The van der Waals surface area contributed by atoms with E-state index in [2.05, 4.69) is 61.7 Å². The SMILES string of the molecule is C=CSN1CC2CCC1CN2Cc1ccc(-n2c(-c3cccnc3N)nc3ccc(-c4ccccc4)nc32)cc1. The number of imidazole rings is 1. The zero-order valence-electron chi connectivity index (χ0n) is 22.2. The zero-order valence-corrected chi connectivity index (χ0v) is 23.0. The second-order valence-corrected chi connectivity index (χ2v) is 11.5. The van der Waals surface area contributed by atoms with Crippen LogP contribution in [0.15, 0.2) is 97.0 Å². The van der Waals surface area contributed by atoms with E-state index in [0.717, 1.165) is 59.1 Å². The summed E-state index contributed by atoms with van der Waals surface area (Å²) in [6.45, 7) is 7.08. The van der Waals surface area contributed by atoms with Gasteiger partial charge in [-0.3, -0.25) is 9.47 Å². The van der Waals surface area contributed by atoms with E-state index in [0.29, 0.717) is 17.9 Å². The third-order valence-electron chi connectivity index (χ3n) is 8.04. The van der Waals surface area contributed by atoms with Crippen LogP contribution in [0.1, 0.15) is 18.4 Å². The van der Waals surface area contributed by atoms with Gasteiger partial charge in [0.15, 0.2) is 11.5 Å². The molecule has 6 heterocycles. The third-order valence-corrected chi connectivity index (χ3v) is 8.90. The van der Waals surface area contributed by atoms with E-state index in [1.165, 1.54) is 18.4 Å². The zero-order chi connectivity index (χ0) is 27.1. The van der Waals surface area contributed by atoms with Gasteiger partial charge >= 0.3 is 0 Å². The molecule has 2 N–H and O–H groups in total. The van der Waals surface area contributed by atoms with Crippen LogP contribution in [-0.4, -0.2) is 53.9 Å². The van der Waals surface area contributed by atoms with Gasteiger partial charge in [0.05, 0.1) is 11.3 Å². The molecule has 3 fully saturated rings. The molecule has 2 bridgehead atoms. The lowest BCUT2D eigenvalue weighted by Gasteiger charge is -2.50. The van der Waals surface area contributed by atoms with E-state index >= 15 is 0 Å². The molecule has 0 amide bonds. The molecule has 200 valence electrons. The standard InChI is InChI=1S/C32H31N7S/c1-2-40-38-21-25-14-15-26(38)20-37(25)19-22-10-12-24(13-11-22)39-31(27-9-6-18-34-30(27)33)36-29-17-16-28(35-32(29)39)23-7-4-3-5-8-23/h2-13,16-18,25-26H,1,14-15,19-21H2,(H2,33,34). The fraction of sp³-hybridized carbons (Fsp3) is 0.219. The quantitative estimate of drug-likeness (QED) is 0.245. The minimum absolute atomic E-state index is 0.447. The van der Waals surface area contributed by atoms with Gasteiger partial charge in [0, 0.05) is 49.2 Å². The lowest BCUT2D eigenvalue weighted by atomic mass is 9.92. The van der Waals surface area contributed by atoms with Gasteiger partial charge in [-0.25, -0.2) is 19.3 Å². The first kappa shape index (κ1) is 25.0. The van der Waals surface area contributed by atoms with Crippen LogP contribution >= 0.6 is 11.9 Å². The maximum absolute atomic E-state index is 6.33. The highest BCUT2D eigenvalue weighted by Crippen LogP contribution is 2.35. The Morgan fingerprint density at radius 2 is 1.73 bits per heavy atom. The summed E-state index contributed by atoms with van der Waals surface area (Å²) >= 11 is 1.77. The Bertz CT molecular complexity index is 1660. The van der Waals surface area contributed by atoms with Crippen LogP contribution < -0.4 is 5.73 Å². The van der Waals surface area contributed by atoms with Crippen LogP contribution in [0.5, 0.6) is 0 Å². The molecule has 0 spiro atoms. The van der Waals surface area contributed by atoms with Crippen LogP contribution in [-0.2, 0) is 6.54 Å². The second-order valence-electron chi connectivity index (χ2n) is 10.5. The average molecular weight is 546 g/mol. The first-order valence-corrected chi connectivity index (χ1v) is 14.5. The van der Waals surface area contributed by atoms with Crippen LogP contribution in [0.4, 0.5) is 5.82 Å². The van der Waals surface area contributed by atoms with Gasteiger partial charge < -0.3 is 5.73 Å². The first-order valence-electron chi connectivity index (χ1n) is 13.7. The Hall–Kier alpha value is -3.98. The van der Waals surface area contributed by atoms with Gasteiger partial charge in [-0.15, -0.1) is 0 Å². The number of piperazine rings is 1. The first-order chi connectivity index (χ1) is 19.7. The van der Waals surface area contributed by atoms with E-state index in [9.17, 15) is 0 Å². The smallest absolute Gasteiger partial charge is 0.165 e. The summed E-state index contributed by atoms with van der Waals surface area (Å²) in [5, 5.41) is 1.95. The van der Waals surface area contributed by atoms with Crippen LogP contribution in [0.25, 0.3) is 39.5 Å². The summed E-state index contributed by atoms with van der Waals surface area (Å²) in [7, 11) is 0. The topological polar surface area (TPSA) is 76.1 Å². The van der Waals surface area contributed by atoms with Gasteiger partial charge in [-0.2, -0.15) is 0 Å². The highest BCUT2D eigenvalue weighted by molar-refractivity contribution is 7.99. The predicted octanol–water partition coefficient (Wildman–Crippen LogP) is 6.17. The summed E-state index contributed by atoms with van der Waals surface area (Å²) in [5.41, 5.74) is 13.0. The van der Waals surface area contributed by atoms with Crippen LogP contribution in [0.2, 0.25) is 0 Å². The number of nitrogens with zero attached hydrogens (tertiary/aromatic N) is 6. The largest absolute Gasteiger partial charge is 0.383 e. The molecule has 3 aliphatic heterocycles. The molecule has 3 saturated heterocycles. The Morgan fingerprint density at radius 1 is 0.900 bits per heavy atom. The number of hydrogen-bond acceptors (Lipinski definition) is 7. The number of benzene rings is 2. The predicted molar refractivity (Wildman–Crippen MR) is 164 cm³/mol. The van der Waals surface area contributed by atoms with Crippen molar-refractivity contribution in [2.75, 3.05) is 18.8 Å². The Labute approximate surface area is 238 Å². The number of hydrogen-bond donors (Lipinski definition) is 1. The van der Waals surface area contributed by atoms with Gasteiger partial charge in [-0.1, -0.05) is 61.0 Å². The van der Waals surface area contributed by atoms with Gasteiger partial charge in [0.25, 0.3) is 0 Å². The van der Waals surface area contributed by atoms with Gasteiger partial charge in [0.2, 0.25) is 0 Å². The molecule has 3 aliphatic rings. The normalized spacial score (nSPS) is 19.3.